The van der Waals surface area contributed by atoms with Crippen LogP contribution in [0.4, 0.5) is 0 Å². The molecule has 0 saturated carbocycles. The highest BCUT2D eigenvalue weighted by atomic mass is 16.6. The number of nitrogens with zero attached hydrogens (tertiary/aromatic N) is 1. The second-order valence-corrected chi connectivity index (χ2v) is 7.40. The number of carbonyl (C=O) groups is 2. The lowest BCUT2D eigenvalue weighted by molar-refractivity contribution is -0.157. The summed E-state index contributed by atoms with van der Waals surface area (Å²) < 4.78 is 5.56. The van der Waals surface area contributed by atoms with Crippen LogP contribution in [0.5, 0.6) is 0 Å². The summed E-state index contributed by atoms with van der Waals surface area (Å²) in [5.74, 6) is -1.36. The number of benzene rings is 1. The lowest BCUT2D eigenvalue weighted by Crippen LogP contribution is -2.29. The first kappa shape index (κ1) is 18.9. The van der Waals surface area contributed by atoms with Crippen LogP contribution in [0.3, 0.4) is 0 Å². The molecule has 25 heavy (non-hydrogen) atoms. The Morgan fingerprint density at radius 3 is 2.52 bits per heavy atom. The molecule has 2 aromatic rings. The summed E-state index contributed by atoms with van der Waals surface area (Å²) in [7, 11) is 0. The fraction of sp³-hybridized carbons (Fsp3) is 0.450. The number of esters is 1. The minimum Gasteiger partial charge on any atom is -0.459 e. The van der Waals surface area contributed by atoms with E-state index in [1.54, 1.807) is 0 Å². The van der Waals surface area contributed by atoms with Crippen molar-refractivity contribution in [1.29, 1.82) is 0 Å². The number of pyridine rings is 1. The molecule has 0 saturated heterocycles. The van der Waals surface area contributed by atoms with Crippen LogP contribution in [0.25, 0.3) is 10.9 Å². The largest absolute Gasteiger partial charge is 0.459 e. The summed E-state index contributed by atoms with van der Waals surface area (Å²) in [6.07, 6.45) is 0.430. The summed E-state index contributed by atoms with van der Waals surface area (Å²) in [6, 6.07) is 7.91. The zero-order valence-corrected chi connectivity index (χ0v) is 15.6. The predicted octanol–water partition coefficient (Wildman–Crippen LogP) is 3.54. The van der Waals surface area contributed by atoms with E-state index in [9.17, 15) is 9.59 Å². The Labute approximate surface area is 148 Å². The normalized spacial score (nSPS) is 12.8. The van der Waals surface area contributed by atoms with Gasteiger partial charge in [-0.1, -0.05) is 18.2 Å². The summed E-state index contributed by atoms with van der Waals surface area (Å²) in [6.45, 7) is 9.36. The highest BCUT2D eigenvalue weighted by Crippen LogP contribution is 2.30. The van der Waals surface area contributed by atoms with E-state index in [0.29, 0.717) is 6.42 Å². The Bertz CT molecular complexity index is 806. The molecule has 1 heterocycles. The molecule has 1 aromatic heterocycles. The Kier molecular flexibility index (Phi) is 5.45. The molecule has 134 valence electrons. The third-order valence-electron chi connectivity index (χ3n) is 4.02. The van der Waals surface area contributed by atoms with E-state index in [1.807, 2.05) is 58.9 Å². The van der Waals surface area contributed by atoms with Crippen LogP contribution in [0.15, 0.2) is 24.3 Å². The second kappa shape index (κ2) is 7.21. The van der Waals surface area contributed by atoms with Crippen LogP contribution >= 0.6 is 0 Å². The Morgan fingerprint density at radius 2 is 1.92 bits per heavy atom. The molecule has 0 spiro atoms. The van der Waals surface area contributed by atoms with Crippen LogP contribution in [0, 0.1) is 13.8 Å². The lowest BCUT2D eigenvalue weighted by atomic mass is 9.91. The Hall–Kier alpha value is -2.43. The van der Waals surface area contributed by atoms with Crippen molar-refractivity contribution in [3.8, 4) is 0 Å². The number of amides is 1. The zero-order valence-electron chi connectivity index (χ0n) is 15.6. The first-order valence-electron chi connectivity index (χ1n) is 8.46. The number of ether oxygens (including phenoxy) is 1. The monoisotopic (exact) mass is 342 g/mol. The third-order valence-corrected chi connectivity index (χ3v) is 4.02. The highest BCUT2D eigenvalue weighted by Gasteiger charge is 2.28. The molecule has 5 nitrogen and oxygen atoms in total. The van der Waals surface area contributed by atoms with Crippen LogP contribution < -0.4 is 5.73 Å². The molecule has 1 amide bonds. The molecule has 1 atom stereocenters. The van der Waals surface area contributed by atoms with Gasteiger partial charge in [0.1, 0.15) is 5.60 Å². The van der Waals surface area contributed by atoms with E-state index in [4.69, 9.17) is 10.5 Å². The van der Waals surface area contributed by atoms with Gasteiger partial charge >= 0.3 is 5.97 Å². The number of carbonyl (C=O) groups excluding carboxylic acids is 2. The van der Waals surface area contributed by atoms with Crippen molar-refractivity contribution in [3.63, 3.8) is 0 Å². The fourth-order valence-electron chi connectivity index (χ4n) is 2.87. The molecule has 0 bridgehead atoms. The molecule has 1 aromatic carbocycles. The molecular weight excluding hydrogens is 316 g/mol. The first-order chi connectivity index (χ1) is 11.6. The number of rotatable bonds is 5. The van der Waals surface area contributed by atoms with Crippen molar-refractivity contribution < 1.29 is 14.3 Å². The van der Waals surface area contributed by atoms with Crippen LogP contribution in [0.1, 0.15) is 56.4 Å². The van der Waals surface area contributed by atoms with Gasteiger partial charge in [-0.2, -0.15) is 0 Å². The molecular formula is C20H26N2O3. The fourth-order valence-corrected chi connectivity index (χ4v) is 2.87. The Morgan fingerprint density at radius 1 is 1.24 bits per heavy atom. The molecule has 5 heteroatoms. The summed E-state index contributed by atoms with van der Waals surface area (Å²) in [4.78, 5) is 28.6. The van der Waals surface area contributed by atoms with Gasteiger partial charge in [0.25, 0.3) is 0 Å². The van der Waals surface area contributed by atoms with E-state index >= 15 is 0 Å². The van der Waals surface area contributed by atoms with Crippen molar-refractivity contribution in [3.05, 3.63) is 41.1 Å². The molecule has 0 radical (unpaired) electrons. The number of aryl methyl sites for hydroxylation is 2. The quantitative estimate of drug-likeness (QED) is 0.843. The van der Waals surface area contributed by atoms with E-state index in [-0.39, 0.29) is 12.4 Å². The number of nitrogens with two attached hydrogens (primary N) is 1. The number of para-hydroxylation sites is 1. The molecule has 0 fully saturated rings. The summed E-state index contributed by atoms with van der Waals surface area (Å²) in [5.41, 5.74) is 8.24. The van der Waals surface area contributed by atoms with Gasteiger partial charge in [0.2, 0.25) is 5.91 Å². The van der Waals surface area contributed by atoms with Gasteiger partial charge in [-0.15, -0.1) is 0 Å². The maximum atomic E-state index is 12.7. The van der Waals surface area contributed by atoms with E-state index in [1.165, 1.54) is 0 Å². The minimum atomic E-state index is -0.600. The van der Waals surface area contributed by atoms with Gasteiger partial charge in [0.15, 0.2) is 0 Å². The van der Waals surface area contributed by atoms with Gasteiger partial charge in [-0.3, -0.25) is 14.6 Å². The van der Waals surface area contributed by atoms with Crippen molar-refractivity contribution >= 4 is 22.8 Å². The van der Waals surface area contributed by atoms with Gasteiger partial charge in [0.05, 0.1) is 11.4 Å². The van der Waals surface area contributed by atoms with Crippen LogP contribution in [0.2, 0.25) is 0 Å². The van der Waals surface area contributed by atoms with E-state index in [2.05, 4.69) is 4.98 Å². The van der Waals surface area contributed by atoms with E-state index < -0.39 is 17.4 Å². The molecule has 2 N–H and O–H groups in total. The number of fused-ring (bicyclic) bond motifs is 1. The second-order valence-electron chi connectivity index (χ2n) is 7.40. The minimum absolute atomic E-state index is 0.120. The molecule has 0 aliphatic heterocycles. The Balaban J connectivity index is 2.48. The molecule has 0 aliphatic carbocycles. The average molecular weight is 342 g/mol. The van der Waals surface area contributed by atoms with Crippen molar-refractivity contribution in [2.75, 3.05) is 0 Å². The van der Waals surface area contributed by atoms with E-state index in [0.717, 1.165) is 27.7 Å². The maximum Gasteiger partial charge on any atom is 0.314 e. The SMILES string of the molecule is Cc1nc2c(C)cccc2cc1C(CCC(N)=O)C(=O)OC(C)(C)C. The van der Waals surface area contributed by atoms with Gasteiger partial charge < -0.3 is 10.5 Å². The highest BCUT2D eigenvalue weighted by molar-refractivity contribution is 5.86. The standard InChI is InChI=1S/C20H26N2O3/c1-12-7-6-8-14-11-16(13(2)22-18(12)14)15(9-10-17(21)23)19(24)25-20(3,4)5/h6-8,11,15H,9-10H2,1-5H3,(H2,21,23). The number of hydrogen-bond donors (Lipinski definition) is 1. The molecule has 2 rings (SSSR count). The predicted molar refractivity (Wildman–Crippen MR) is 98.2 cm³/mol. The van der Waals surface area contributed by atoms with Crippen LogP contribution in [-0.4, -0.2) is 22.5 Å². The van der Waals surface area contributed by atoms with Crippen molar-refractivity contribution in [1.82, 2.24) is 4.98 Å². The van der Waals surface area contributed by atoms with Crippen LogP contribution in [-0.2, 0) is 14.3 Å². The topological polar surface area (TPSA) is 82.3 Å². The summed E-state index contributed by atoms with van der Waals surface area (Å²) >= 11 is 0. The first-order valence-corrected chi connectivity index (χ1v) is 8.46. The molecule has 0 aliphatic rings. The third kappa shape index (κ3) is 4.78. The lowest BCUT2D eigenvalue weighted by Gasteiger charge is -2.25. The number of primary amides is 1. The van der Waals surface area contributed by atoms with Gasteiger partial charge in [0, 0.05) is 17.5 Å². The maximum absolute atomic E-state index is 12.7. The van der Waals surface area contributed by atoms with Gasteiger partial charge in [-0.05, 0) is 58.2 Å². The zero-order chi connectivity index (χ0) is 18.8. The van der Waals surface area contributed by atoms with Gasteiger partial charge in [-0.25, -0.2) is 0 Å². The number of hydrogen-bond acceptors (Lipinski definition) is 4. The van der Waals surface area contributed by atoms with Crippen molar-refractivity contribution in [2.45, 2.75) is 59.0 Å². The molecule has 1 unspecified atom stereocenters. The average Bonchev–Trinajstić information content (AvgIpc) is 2.47. The smallest absolute Gasteiger partial charge is 0.314 e. The van der Waals surface area contributed by atoms with Crippen molar-refractivity contribution in [2.24, 2.45) is 5.73 Å². The summed E-state index contributed by atoms with van der Waals surface area (Å²) in [5, 5.41) is 0.966. The number of aromatic nitrogens is 1.